The summed E-state index contributed by atoms with van der Waals surface area (Å²) in [6.07, 6.45) is 8.69. The van der Waals surface area contributed by atoms with Crippen LogP contribution in [0.15, 0.2) is 36.7 Å². The molecule has 1 aromatic carbocycles. The van der Waals surface area contributed by atoms with Crippen LogP contribution < -0.4 is 0 Å². The summed E-state index contributed by atoms with van der Waals surface area (Å²) >= 11 is 0. The number of aryl methyl sites for hydroxylation is 1. The molecule has 1 aromatic heterocycles. The number of hydrogen-bond acceptors (Lipinski definition) is 4. The van der Waals surface area contributed by atoms with Crippen LogP contribution in [0.1, 0.15) is 43.1 Å². The second-order valence-electron chi connectivity index (χ2n) is 8.26. The van der Waals surface area contributed by atoms with E-state index in [0.717, 1.165) is 51.5 Å². The lowest BCUT2D eigenvalue weighted by atomic mass is 9.79. The highest BCUT2D eigenvalue weighted by atomic mass is 19.1. The number of piperidine rings is 1. The van der Waals surface area contributed by atoms with E-state index in [1.807, 2.05) is 24.5 Å². The second-order valence-corrected chi connectivity index (χ2v) is 8.26. The Balaban J connectivity index is 1.35. The zero-order chi connectivity index (χ0) is 18.7. The van der Waals surface area contributed by atoms with Crippen LogP contribution in [0.2, 0.25) is 0 Å². The van der Waals surface area contributed by atoms with Crippen molar-refractivity contribution in [3.63, 3.8) is 0 Å². The van der Waals surface area contributed by atoms with Gasteiger partial charge >= 0.3 is 0 Å². The molecular weight excluding hydrogens is 339 g/mol. The maximum atomic E-state index is 13.1. The SMILES string of the molecule is CCc1ncc(CN2CCC3(CCCN(Cc4ccc(F)cc4)C3)C2)cn1. The van der Waals surface area contributed by atoms with Crippen molar-refractivity contribution in [3.05, 3.63) is 59.4 Å². The molecule has 0 saturated carbocycles. The molecule has 0 amide bonds. The normalized spacial score (nSPS) is 23.9. The van der Waals surface area contributed by atoms with E-state index in [1.54, 1.807) is 12.1 Å². The zero-order valence-electron chi connectivity index (χ0n) is 16.2. The van der Waals surface area contributed by atoms with Gasteiger partial charge in [-0.05, 0) is 55.5 Å². The lowest BCUT2D eigenvalue weighted by Crippen LogP contribution is -2.44. The molecule has 2 aliphatic rings. The first kappa shape index (κ1) is 18.5. The molecule has 0 N–H and O–H groups in total. The van der Waals surface area contributed by atoms with Gasteiger partial charge in [0.05, 0.1) is 0 Å². The quantitative estimate of drug-likeness (QED) is 0.806. The van der Waals surface area contributed by atoms with Crippen molar-refractivity contribution in [2.24, 2.45) is 5.41 Å². The molecule has 0 bridgehead atoms. The minimum Gasteiger partial charge on any atom is -0.298 e. The molecule has 144 valence electrons. The molecule has 0 aliphatic carbocycles. The van der Waals surface area contributed by atoms with Crippen molar-refractivity contribution in [1.82, 2.24) is 19.8 Å². The van der Waals surface area contributed by atoms with E-state index in [-0.39, 0.29) is 5.82 Å². The highest BCUT2D eigenvalue weighted by molar-refractivity contribution is 5.16. The summed E-state index contributed by atoms with van der Waals surface area (Å²) in [5.41, 5.74) is 2.82. The Hall–Kier alpha value is -1.85. The molecule has 0 radical (unpaired) electrons. The van der Waals surface area contributed by atoms with E-state index < -0.39 is 0 Å². The second kappa shape index (κ2) is 8.03. The number of halogens is 1. The van der Waals surface area contributed by atoms with Crippen LogP contribution in [-0.4, -0.2) is 45.9 Å². The molecule has 4 rings (SSSR count). The highest BCUT2D eigenvalue weighted by Gasteiger charge is 2.41. The molecule has 2 aliphatic heterocycles. The standard InChI is InChI=1S/C22H29FN4/c1-2-21-24-12-19(13-25-21)15-27-11-9-22(17-27)8-3-10-26(16-22)14-18-4-6-20(23)7-5-18/h4-7,12-13H,2-3,8-11,14-17H2,1H3. The fraction of sp³-hybridized carbons (Fsp3) is 0.545. The van der Waals surface area contributed by atoms with Gasteiger partial charge in [0.1, 0.15) is 11.6 Å². The Morgan fingerprint density at radius 2 is 1.59 bits per heavy atom. The van der Waals surface area contributed by atoms with Crippen LogP contribution in [0.25, 0.3) is 0 Å². The van der Waals surface area contributed by atoms with Crippen molar-refractivity contribution in [3.8, 4) is 0 Å². The maximum Gasteiger partial charge on any atom is 0.127 e. The minimum absolute atomic E-state index is 0.156. The van der Waals surface area contributed by atoms with Crippen molar-refractivity contribution >= 4 is 0 Å². The lowest BCUT2D eigenvalue weighted by Gasteiger charge is -2.40. The molecule has 27 heavy (non-hydrogen) atoms. The van der Waals surface area contributed by atoms with E-state index in [4.69, 9.17) is 0 Å². The number of likely N-dealkylation sites (tertiary alicyclic amines) is 2. The number of hydrogen-bond donors (Lipinski definition) is 0. The molecule has 1 spiro atoms. The number of aromatic nitrogens is 2. The third-order valence-corrected chi connectivity index (χ3v) is 6.06. The summed E-state index contributed by atoms with van der Waals surface area (Å²) in [7, 11) is 0. The van der Waals surface area contributed by atoms with E-state index >= 15 is 0 Å². The average molecular weight is 369 g/mol. The summed E-state index contributed by atoms with van der Waals surface area (Å²) in [5, 5.41) is 0. The highest BCUT2D eigenvalue weighted by Crippen LogP contribution is 2.39. The first-order valence-corrected chi connectivity index (χ1v) is 10.1. The van der Waals surface area contributed by atoms with E-state index in [1.165, 1.54) is 30.4 Å². The minimum atomic E-state index is -0.156. The van der Waals surface area contributed by atoms with Crippen LogP contribution in [0.4, 0.5) is 4.39 Å². The zero-order valence-corrected chi connectivity index (χ0v) is 16.2. The molecule has 2 saturated heterocycles. The first-order chi connectivity index (χ1) is 13.1. The Labute approximate surface area is 161 Å². The third-order valence-electron chi connectivity index (χ3n) is 6.06. The summed E-state index contributed by atoms with van der Waals surface area (Å²) in [6.45, 7) is 8.55. The van der Waals surface area contributed by atoms with E-state index in [0.29, 0.717) is 5.41 Å². The molecule has 4 nitrogen and oxygen atoms in total. The van der Waals surface area contributed by atoms with Crippen molar-refractivity contribution in [2.45, 2.75) is 45.7 Å². The van der Waals surface area contributed by atoms with Gasteiger partial charge in [-0.2, -0.15) is 0 Å². The van der Waals surface area contributed by atoms with Crippen LogP contribution in [-0.2, 0) is 19.5 Å². The molecular formula is C22H29FN4. The lowest BCUT2D eigenvalue weighted by molar-refractivity contribution is 0.0866. The smallest absolute Gasteiger partial charge is 0.127 e. The van der Waals surface area contributed by atoms with Crippen molar-refractivity contribution in [1.29, 1.82) is 0 Å². The Kier molecular flexibility index (Phi) is 5.50. The van der Waals surface area contributed by atoms with Gasteiger partial charge in [0.2, 0.25) is 0 Å². The summed E-state index contributed by atoms with van der Waals surface area (Å²) in [5.74, 6) is 0.761. The molecule has 1 unspecified atom stereocenters. The largest absolute Gasteiger partial charge is 0.298 e. The predicted molar refractivity (Wildman–Crippen MR) is 105 cm³/mol. The van der Waals surface area contributed by atoms with Gasteiger partial charge in [-0.3, -0.25) is 9.80 Å². The fourth-order valence-electron chi connectivity index (χ4n) is 4.69. The molecule has 5 heteroatoms. The first-order valence-electron chi connectivity index (χ1n) is 10.1. The number of rotatable bonds is 5. The third kappa shape index (κ3) is 4.53. The Morgan fingerprint density at radius 1 is 0.926 bits per heavy atom. The van der Waals surface area contributed by atoms with Gasteiger partial charge in [-0.25, -0.2) is 14.4 Å². The average Bonchev–Trinajstić information content (AvgIpc) is 3.06. The topological polar surface area (TPSA) is 32.3 Å². The van der Waals surface area contributed by atoms with Crippen molar-refractivity contribution in [2.75, 3.05) is 26.2 Å². The van der Waals surface area contributed by atoms with Crippen LogP contribution in [0, 0.1) is 11.2 Å². The van der Waals surface area contributed by atoms with Crippen LogP contribution in [0.3, 0.4) is 0 Å². The summed E-state index contributed by atoms with van der Waals surface area (Å²) in [6, 6.07) is 6.96. The number of nitrogens with zero attached hydrogens (tertiary/aromatic N) is 4. The van der Waals surface area contributed by atoms with Gasteiger partial charge in [0.25, 0.3) is 0 Å². The van der Waals surface area contributed by atoms with Crippen molar-refractivity contribution < 1.29 is 4.39 Å². The summed E-state index contributed by atoms with van der Waals surface area (Å²) < 4.78 is 13.1. The van der Waals surface area contributed by atoms with E-state index in [2.05, 4.69) is 26.7 Å². The monoisotopic (exact) mass is 368 g/mol. The van der Waals surface area contributed by atoms with Gasteiger partial charge in [0, 0.05) is 50.6 Å². The van der Waals surface area contributed by atoms with Crippen LogP contribution in [0.5, 0.6) is 0 Å². The van der Waals surface area contributed by atoms with Crippen LogP contribution >= 0.6 is 0 Å². The van der Waals surface area contributed by atoms with Gasteiger partial charge in [-0.15, -0.1) is 0 Å². The summed E-state index contributed by atoms with van der Waals surface area (Å²) in [4.78, 5) is 14.0. The molecule has 2 aromatic rings. The van der Waals surface area contributed by atoms with Gasteiger partial charge in [0.15, 0.2) is 0 Å². The predicted octanol–water partition coefficient (Wildman–Crippen LogP) is 3.67. The fourth-order valence-corrected chi connectivity index (χ4v) is 4.69. The maximum absolute atomic E-state index is 13.1. The Morgan fingerprint density at radius 3 is 2.30 bits per heavy atom. The van der Waals surface area contributed by atoms with E-state index in [9.17, 15) is 4.39 Å². The molecule has 2 fully saturated rings. The van der Waals surface area contributed by atoms with Gasteiger partial charge in [-0.1, -0.05) is 19.1 Å². The Bertz CT molecular complexity index is 746. The van der Waals surface area contributed by atoms with Gasteiger partial charge < -0.3 is 0 Å². The number of benzene rings is 1. The molecule has 1 atom stereocenters. The molecule has 3 heterocycles.